The van der Waals surface area contributed by atoms with Crippen molar-refractivity contribution in [3.8, 4) is 22.5 Å². The maximum Gasteiger partial charge on any atom is 0.267 e. The Labute approximate surface area is 262 Å². The van der Waals surface area contributed by atoms with Gasteiger partial charge < -0.3 is 20.0 Å². The molecule has 0 aliphatic carbocycles. The molecule has 7 rings (SSSR count). The highest BCUT2D eigenvalue weighted by molar-refractivity contribution is 6.31. The van der Waals surface area contributed by atoms with E-state index in [0.717, 1.165) is 22.3 Å². The Balaban J connectivity index is 1.20. The second-order valence-corrected chi connectivity index (χ2v) is 11.0. The lowest BCUT2D eigenvalue weighted by Gasteiger charge is -2.38. The predicted molar refractivity (Wildman–Crippen MR) is 166 cm³/mol. The molecule has 4 heterocycles. The van der Waals surface area contributed by atoms with E-state index < -0.39 is 29.8 Å². The number of fused-ring (bicyclic) bond motifs is 1. The van der Waals surface area contributed by atoms with Crippen molar-refractivity contribution >= 4 is 34.8 Å². The number of oxime groups is 1. The van der Waals surface area contributed by atoms with Crippen LogP contribution in [0.5, 0.6) is 0 Å². The molecule has 2 aliphatic rings. The summed E-state index contributed by atoms with van der Waals surface area (Å²) < 4.78 is 14.7. The number of carbonyl (C=O) groups excluding carboxylic acids is 2. The fourth-order valence-corrected chi connectivity index (χ4v) is 6.00. The van der Waals surface area contributed by atoms with Crippen LogP contribution >= 0.6 is 11.6 Å². The zero-order valence-corrected chi connectivity index (χ0v) is 24.4. The monoisotopic (exact) mass is 621 g/mol. The van der Waals surface area contributed by atoms with Crippen LogP contribution in [0.15, 0.2) is 96.9 Å². The average Bonchev–Trinajstić information content (AvgIpc) is 3.79. The van der Waals surface area contributed by atoms with E-state index in [4.69, 9.17) is 16.4 Å². The van der Waals surface area contributed by atoms with Gasteiger partial charge in [-0.15, -0.1) is 0 Å². The molecule has 0 spiro atoms. The minimum absolute atomic E-state index is 0.0312. The number of halogens is 2. The molecular weight excluding hydrogens is 597 g/mol. The van der Waals surface area contributed by atoms with Gasteiger partial charge in [0.25, 0.3) is 11.8 Å². The summed E-state index contributed by atoms with van der Waals surface area (Å²) in [5.41, 5.74) is 5.16. The molecule has 10 nitrogen and oxygen atoms in total. The molecule has 2 atom stereocenters. The van der Waals surface area contributed by atoms with Gasteiger partial charge in [-0.25, -0.2) is 19.3 Å². The largest absolute Gasteiger partial charge is 0.382 e. The molecule has 12 heteroatoms. The van der Waals surface area contributed by atoms with Crippen molar-refractivity contribution in [1.82, 2.24) is 24.8 Å². The van der Waals surface area contributed by atoms with Crippen molar-refractivity contribution in [2.24, 2.45) is 5.16 Å². The Hall–Kier alpha value is -5.42. The summed E-state index contributed by atoms with van der Waals surface area (Å²) in [7, 11) is 0. The van der Waals surface area contributed by atoms with Crippen molar-refractivity contribution in [2.75, 3.05) is 11.9 Å². The number of nitrogens with one attached hydrogen (secondary N) is 2. The molecule has 3 aromatic carbocycles. The van der Waals surface area contributed by atoms with E-state index in [9.17, 15) is 14.0 Å². The lowest BCUT2D eigenvalue weighted by molar-refractivity contribution is -0.148. The molecule has 0 saturated carbocycles. The van der Waals surface area contributed by atoms with Crippen LogP contribution in [0.2, 0.25) is 5.02 Å². The highest BCUT2D eigenvalue weighted by atomic mass is 35.5. The summed E-state index contributed by atoms with van der Waals surface area (Å²) in [5.74, 6) is -0.742. The van der Waals surface area contributed by atoms with Crippen molar-refractivity contribution in [2.45, 2.75) is 25.0 Å². The van der Waals surface area contributed by atoms with E-state index in [-0.39, 0.29) is 29.3 Å². The Morgan fingerprint density at radius 3 is 2.56 bits per heavy atom. The van der Waals surface area contributed by atoms with Crippen molar-refractivity contribution in [3.63, 3.8) is 0 Å². The number of rotatable bonds is 6. The number of hydrogen-bond acceptors (Lipinski definition) is 7. The topological polar surface area (TPSA) is 125 Å². The van der Waals surface area contributed by atoms with Crippen molar-refractivity contribution < 1.29 is 18.8 Å². The normalized spacial score (nSPS) is 17.3. The van der Waals surface area contributed by atoms with Crippen LogP contribution in [0.1, 0.15) is 29.2 Å². The van der Waals surface area contributed by atoms with Gasteiger partial charge in [-0.05, 0) is 59.5 Å². The molecule has 0 radical (unpaired) electrons. The number of anilines is 1. The van der Waals surface area contributed by atoms with Gasteiger partial charge in [0.2, 0.25) is 6.10 Å². The Kier molecular flexibility index (Phi) is 7.52. The number of aromatic amines is 1. The van der Waals surface area contributed by atoms with Crippen LogP contribution in [-0.2, 0) is 20.8 Å². The number of aromatic nitrogens is 4. The Bertz CT molecular complexity index is 1920. The maximum absolute atomic E-state index is 14.7. The molecule has 224 valence electrons. The smallest absolute Gasteiger partial charge is 0.267 e. The molecule has 2 amide bonds. The standard InChI is InChI=1S/C33H25ClFN7O3/c34-26-6-2-5-25(29(26)35)27-15-28(45-41-27)33(44)42-14-11-23-22(20-16-36-18-37-17-20)3-1-4-24(23)30(42)32(43)40-21-9-7-19(8-10-21)31-38-12-13-39-31/h1-10,12-13,16-18,28,30H,11,14-15H2,(H,38,39)(H,40,43)/t28-,30-/m1/s1. The molecule has 0 fully saturated rings. The molecule has 0 bridgehead atoms. The Morgan fingerprint density at radius 2 is 1.78 bits per heavy atom. The number of hydrogen-bond donors (Lipinski definition) is 2. The minimum Gasteiger partial charge on any atom is -0.382 e. The molecule has 2 N–H and O–H groups in total. The molecular formula is C33H25ClFN7O3. The van der Waals surface area contributed by atoms with Crippen LogP contribution < -0.4 is 5.32 Å². The lowest BCUT2D eigenvalue weighted by atomic mass is 9.86. The third-order valence-electron chi connectivity index (χ3n) is 7.96. The highest BCUT2D eigenvalue weighted by Gasteiger charge is 2.42. The lowest BCUT2D eigenvalue weighted by Crippen LogP contribution is -2.49. The van der Waals surface area contributed by atoms with Gasteiger partial charge in [-0.3, -0.25) is 9.59 Å². The SMILES string of the molecule is O=C(Nc1ccc(-c2ncc[nH]2)cc1)[C@H]1c2cccc(-c3cncnc3)c2CCN1C(=O)[C@H]1CC(c2cccc(Cl)c2F)=NO1. The summed E-state index contributed by atoms with van der Waals surface area (Å²) in [6.07, 6.45) is 7.78. The van der Waals surface area contributed by atoms with E-state index >= 15 is 0 Å². The first-order valence-corrected chi connectivity index (χ1v) is 14.6. The summed E-state index contributed by atoms with van der Waals surface area (Å²) in [5, 5.41) is 6.96. The van der Waals surface area contributed by atoms with E-state index in [0.29, 0.717) is 23.5 Å². The maximum atomic E-state index is 14.7. The van der Waals surface area contributed by atoms with Crippen LogP contribution in [0.3, 0.4) is 0 Å². The predicted octanol–water partition coefficient (Wildman–Crippen LogP) is 5.58. The van der Waals surface area contributed by atoms with E-state index in [1.54, 1.807) is 43.0 Å². The van der Waals surface area contributed by atoms with Gasteiger partial charge in [-0.2, -0.15) is 0 Å². The quantitative estimate of drug-likeness (QED) is 0.255. The second kappa shape index (κ2) is 11.9. The summed E-state index contributed by atoms with van der Waals surface area (Å²) in [4.78, 5) is 50.8. The van der Waals surface area contributed by atoms with E-state index in [2.05, 4.69) is 30.4 Å². The number of H-pyrrole nitrogens is 1. The summed E-state index contributed by atoms with van der Waals surface area (Å²) in [6.45, 7) is 0.243. The number of amides is 2. The van der Waals surface area contributed by atoms with Gasteiger partial charge >= 0.3 is 0 Å². The zero-order chi connectivity index (χ0) is 30.9. The zero-order valence-electron chi connectivity index (χ0n) is 23.7. The molecule has 2 aromatic heterocycles. The summed E-state index contributed by atoms with van der Waals surface area (Å²) >= 11 is 5.97. The Morgan fingerprint density at radius 1 is 1.00 bits per heavy atom. The number of imidazole rings is 1. The number of nitrogens with zero attached hydrogens (tertiary/aromatic N) is 5. The molecule has 0 saturated heterocycles. The minimum atomic E-state index is -1.03. The molecule has 2 aliphatic heterocycles. The van der Waals surface area contributed by atoms with Gasteiger partial charge in [-0.1, -0.05) is 41.0 Å². The van der Waals surface area contributed by atoms with E-state index in [1.807, 2.05) is 30.3 Å². The average molecular weight is 622 g/mol. The molecule has 5 aromatic rings. The van der Waals surface area contributed by atoms with Gasteiger partial charge in [0.15, 0.2) is 5.82 Å². The third kappa shape index (κ3) is 5.42. The van der Waals surface area contributed by atoms with Gasteiger partial charge in [0, 0.05) is 60.1 Å². The fourth-order valence-electron chi connectivity index (χ4n) is 5.82. The van der Waals surface area contributed by atoms with Crippen LogP contribution in [0, 0.1) is 5.82 Å². The van der Waals surface area contributed by atoms with Crippen LogP contribution in [0.25, 0.3) is 22.5 Å². The number of carbonyl (C=O) groups is 2. The van der Waals surface area contributed by atoms with Crippen LogP contribution in [0.4, 0.5) is 10.1 Å². The van der Waals surface area contributed by atoms with E-state index in [1.165, 1.54) is 23.4 Å². The van der Waals surface area contributed by atoms with Crippen LogP contribution in [-0.4, -0.2) is 55.0 Å². The fraction of sp³-hybridized carbons (Fsp3) is 0.152. The second-order valence-electron chi connectivity index (χ2n) is 10.6. The molecule has 0 unspecified atom stereocenters. The first kappa shape index (κ1) is 28.4. The first-order chi connectivity index (χ1) is 22.0. The number of benzene rings is 3. The van der Waals surface area contributed by atoms with Gasteiger partial charge in [0.05, 0.1) is 10.7 Å². The van der Waals surface area contributed by atoms with Gasteiger partial charge in [0.1, 0.15) is 18.2 Å². The first-order valence-electron chi connectivity index (χ1n) is 14.2. The summed E-state index contributed by atoms with van der Waals surface area (Å²) in [6, 6.07) is 16.5. The highest BCUT2D eigenvalue weighted by Crippen LogP contribution is 2.38. The third-order valence-corrected chi connectivity index (χ3v) is 8.25. The molecule has 45 heavy (non-hydrogen) atoms. The van der Waals surface area contributed by atoms with Crippen molar-refractivity contribution in [3.05, 3.63) is 119 Å². The van der Waals surface area contributed by atoms with Crippen molar-refractivity contribution in [1.29, 1.82) is 0 Å².